The molecule has 3 amide bonds. The second kappa shape index (κ2) is 18.6. The summed E-state index contributed by atoms with van der Waals surface area (Å²) < 4.78 is 16.7. The van der Waals surface area contributed by atoms with Gasteiger partial charge in [0.2, 0.25) is 5.91 Å². The van der Waals surface area contributed by atoms with E-state index in [9.17, 15) is 19.2 Å². The fourth-order valence-corrected chi connectivity index (χ4v) is 5.58. The number of nitrogens with zero attached hydrogens (tertiary/aromatic N) is 3. The molecule has 0 radical (unpaired) electrons. The van der Waals surface area contributed by atoms with Crippen molar-refractivity contribution in [2.24, 2.45) is 0 Å². The van der Waals surface area contributed by atoms with Gasteiger partial charge in [-0.25, -0.2) is 4.79 Å². The minimum Gasteiger partial charge on any atom is -0.495 e. The fraction of sp³-hybridized carbons (Fsp3) is 0.385. The molecule has 1 heterocycles. The molecular formula is C39H48N4O7. The predicted octanol–water partition coefficient (Wildman–Crippen LogP) is 5.82. The third kappa shape index (κ3) is 10.4. The van der Waals surface area contributed by atoms with Crippen LogP contribution >= 0.6 is 0 Å². The smallest absolute Gasteiger partial charge is 0.330 e. The number of hydrogen-bond donors (Lipinski definition) is 1. The number of ether oxygens (including phenoxy) is 3. The number of anilines is 2. The van der Waals surface area contributed by atoms with Crippen molar-refractivity contribution >= 4 is 41.1 Å². The minimum atomic E-state index is -0.500. The molecule has 1 fully saturated rings. The number of carbonyl (C=O) groups is 4. The van der Waals surface area contributed by atoms with E-state index in [2.05, 4.69) is 17.3 Å². The summed E-state index contributed by atoms with van der Waals surface area (Å²) in [5.74, 6) is -0.0686. The summed E-state index contributed by atoms with van der Waals surface area (Å²) >= 11 is 0. The average molecular weight is 685 g/mol. The van der Waals surface area contributed by atoms with Crippen LogP contribution in [0.5, 0.6) is 11.5 Å². The Balaban J connectivity index is 1.37. The largest absolute Gasteiger partial charge is 0.495 e. The highest BCUT2D eigenvalue weighted by molar-refractivity contribution is 6.09. The number of esters is 1. The van der Waals surface area contributed by atoms with Crippen LogP contribution in [0.15, 0.2) is 66.7 Å². The number of piperazine rings is 1. The Bertz CT molecular complexity index is 1680. The van der Waals surface area contributed by atoms with Crippen LogP contribution in [0, 0.1) is 6.92 Å². The molecule has 0 atom stereocenters. The van der Waals surface area contributed by atoms with Crippen molar-refractivity contribution in [1.29, 1.82) is 0 Å². The highest BCUT2D eigenvalue weighted by Crippen LogP contribution is 2.32. The number of rotatable bonds is 15. The van der Waals surface area contributed by atoms with E-state index in [0.717, 1.165) is 51.0 Å². The molecule has 1 aliphatic heterocycles. The first kappa shape index (κ1) is 37.7. The molecule has 1 saturated heterocycles. The molecule has 0 bridgehead atoms. The van der Waals surface area contributed by atoms with E-state index in [-0.39, 0.29) is 18.4 Å². The summed E-state index contributed by atoms with van der Waals surface area (Å²) in [5, 5.41) is 2.85. The maximum atomic E-state index is 13.7. The number of methoxy groups -OCH3 is 1. The lowest BCUT2D eigenvalue weighted by molar-refractivity contribution is -0.137. The molecule has 0 unspecified atom stereocenters. The molecule has 3 aromatic carbocycles. The Morgan fingerprint density at radius 3 is 2.42 bits per heavy atom. The summed E-state index contributed by atoms with van der Waals surface area (Å²) in [7, 11) is 5.23. The molecule has 266 valence electrons. The van der Waals surface area contributed by atoms with Crippen molar-refractivity contribution in [3.8, 4) is 11.5 Å². The van der Waals surface area contributed by atoms with Gasteiger partial charge in [-0.05, 0) is 93.8 Å². The third-order valence-electron chi connectivity index (χ3n) is 8.52. The molecule has 4 rings (SSSR count). The molecule has 1 N–H and O–H groups in total. The standard InChI is InChI=1S/C39H48N4O7/c1-6-49-37(45)20-17-29-12-9-10-13-31(29)38(46)40-32-18-16-30(27-34(32)48-5)39(47)42(4)33-19-15-28(2)26-35(33)50-25-11-7-8-14-36(44)43-23-21-41(3)22-24-43/h9-10,12-13,15-20,26-27H,6-8,11,14,21-25H2,1-5H3,(H,40,46). The van der Waals surface area contributed by atoms with Crippen LogP contribution in [-0.4, -0.2) is 94.1 Å². The summed E-state index contributed by atoms with van der Waals surface area (Å²) in [6, 6.07) is 17.4. The fourth-order valence-electron chi connectivity index (χ4n) is 5.58. The van der Waals surface area contributed by atoms with E-state index in [1.165, 1.54) is 24.2 Å². The molecule has 3 aromatic rings. The maximum Gasteiger partial charge on any atom is 0.330 e. The molecule has 0 aromatic heterocycles. The Morgan fingerprint density at radius 1 is 0.920 bits per heavy atom. The lowest BCUT2D eigenvalue weighted by Gasteiger charge is -2.32. The van der Waals surface area contributed by atoms with Crippen LogP contribution in [0.1, 0.15) is 64.4 Å². The summed E-state index contributed by atoms with van der Waals surface area (Å²) in [5.41, 5.74) is 3.25. The van der Waals surface area contributed by atoms with E-state index in [1.807, 2.05) is 30.0 Å². The zero-order valence-electron chi connectivity index (χ0n) is 29.7. The van der Waals surface area contributed by atoms with Crippen molar-refractivity contribution < 1.29 is 33.4 Å². The first-order valence-corrected chi connectivity index (χ1v) is 17.0. The van der Waals surface area contributed by atoms with E-state index in [4.69, 9.17) is 14.2 Å². The number of nitrogens with one attached hydrogen (secondary N) is 1. The van der Waals surface area contributed by atoms with Crippen molar-refractivity contribution in [3.63, 3.8) is 0 Å². The number of aryl methyl sites for hydroxylation is 1. The number of hydrogen-bond acceptors (Lipinski definition) is 8. The van der Waals surface area contributed by atoms with E-state index in [0.29, 0.717) is 52.6 Å². The number of benzene rings is 3. The molecule has 11 heteroatoms. The van der Waals surface area contributed by atoms with E-state index in [1.54, 1.807) is 56.4 Å². The zero-order valence-corrected chi connectivity index (χ0v) is 29.7. The molecule has 50 heavy (non-hydrogen) atoms. The minimum absolute atomic E-state index is 0.220. The number of unbranched alkanes of at least 4 members (excludes halogenated alkanes) is 2. The predicted molar refractivity (Wildman–Crippen MR) is 195 cm³/mol. The van der Waals surface area contributed by atoms with Gasteiger partial charge in [-0.1, -0.05) is 24.3 Å². The Labute approximate surface area is 294 Å². The van der Waals surface area contributed by atoms with Crippen LogP contribution < -0.4 is 19.7 Å². The molecule has 1 aliphatic rings. The summed E-state index contributed by atoms with van der Waals surface area (Å²) in [4.78, 5) is 57.0. The number of amides is 3. The monoisotopic (exact) mass is 684 g/mol. The van der Waals surface area contributed by atoms with Gasteiger partial charge in [0.05, 0.1) is 31.7 Å². The first-order chi connectivity index (χ1) is 24.1. The van der Waals surface area contributed by atoms with Gasteiger partial charge in [0, 0.05) is 56.9 Å². The first-order valence-electron chi connectivity index (χ1n) is 17.0. The normalized spacial score (nSPS) is 13.2. The maximum absolute atomic E-state index is 13.7. The van der Waals surface area contributed by atoms with Crippen LogP contribution in [0.2, 0.25) is 0 Å². The highest BCUT2D eigenvalue weighted by Gasteiger charge is 2.21. The van der Waals surface area contributed by atoms with Gasteiger partial charge in [0.15, 0.2) is 0 Å². The van der Waals surface area contributed by atoms with Gasteiger partial charge in [0.25, 0.3) is 11.8 Å². The summed E-state index contributed by atoms with van der Waals surface area (Å²) in [6.07, 6.45) is 5.82. The van der Waals surface area contributed by atoms with E-state index < -0.39 is 11.9 Å². The van der Waals surface area contributed by atoms with Crippen molar-refractivity contribution in [2.45, 2.75) is 39.5 Å². The SMILES string of the molecule is CCOC(=O)C=Cc1ccccc1C(=O)Nc1ccc(C(=O)N(C)c2ccc(C)cc2OCCCCCC(=O)N2CCN(C)CC2)cc1OC. The lowest BCUT2D eigenvalue weighted by Crippen LogP contribution is -2.47. The topological polar surface area (TPSA) is 118 Å². The van der Waals surface area contributed by atoms with E-state index >= 15 is 0 Å². The van der Waals surface area contributed by atoms with Crippen LogP contribution in [-0.2, 0) is 14.3 Å². The Morgan fingerprint density at radius 2 is 1.68 bits per heavy atom. The molecule has 0 saturated carbocycles. The Kier molecular flexibility index (Phi) is 14.0. The molecule has 0 aliphatic carbocycles. The van der Waals surface area contributed by atoms with Crippen LogP contribution in [0.25, 0.3) is 6.08 Å². The van der Waals surface area contributed by atoms with Gasteiger partial charge in [-0.2, -0.15) is 0 Å². The Hall–Kier alpha value is -5.16. The van der Waals surface area contributed by atoms with Gasteiger partial charge >= 0.3 is 5.97 Å². The van der Waals surface area contributed by atoms with Crippen molar-refractivity contribution in [2.75, 3.05) is 70.8 Å². The lowest BCUT2D eigenvalue weighted by atomic mass is 10.1. The van der Waals surface area contributed by atoms with Gasteiger partial charge in [-0.3, -0.25) is 14.4 Å². The van der Waals surface area contributed by atoms with Gasteiger partial charge in [0.1, 0.15) is 11.5 Å². The second-order valence-corrected chi connectivity index (χ2v) is 12.2. The van der Waals surface area contributed by atoms with Crippen molar-refractivity contribution in [1.82, 2.24) is 9.80 Å². The van der Waals surface area contributed by atoms with Crippen LogP contribution in [0.4, 0.5) is 11.4 Å². The van der Waals surface area contributed by atoms with Gasteiger partial charge < -0.3 is 34.2 Å². The number of likely N-dealkylation sites (N-methyl/N-ethyl adjacent to an activating group) is 1. The zero-order chi connectivity index (χ0) is 36.0. The highest BCUT2D eigenvalue weighted by atomic mass is 16.5. The van der Waals surface area contributed by atoms with Crippen LogP contribution in [0.3, 0.4) is 0 Å². The molecular weight excluding hydrogens is 636 g/mol. The quantitative estimate of drug-likeness (QED) is 0.121. The molecule has 11 nitrogen and oxygen atoms in total. The average Bonchev–Trinajstić information content (AvgIpc) is 3.12. The summed E-state index contributed by atoms with van der Waals surface area (Å²) in [6.45, 7) is 7.83. The number of carbonyl (C=O) groups excluding carboxylic acids is 4. The van der Waals surface area contributed by atoms with Crippen molar-refractivity contribution in [3.05, 3.63) is 89.0 Å². The molecule has 0 spiro atoms. The second-order valence-electron chi connectivity index (χ2n) is 12.2. The van der Waals surface area contributed by atoms with Gasteiger partial charge in [-0.15, -0.1) is 0 Å². The third-order valence-corrected chi connectivity index (χ3v) is 8.52.